The number of nitrogens with zero attached hydrogens (tertiary/aromatic N) is 1. The topological polar surface area (TPSA) is 72.0 Å². The maximum atomic E-state index is 11.4. The molecule has 0 fully saturated rings. The molecule has 0 saturated heterocycles. The summed E-state index contributed by atoms with van der Waals surface area (Å²) in [7, 11) is 0. The fraction of sp³-hybridized carbons (Fsp3) is 0.625. The predicted octanol–water partition coefficient (Wildman–Crippen LogP) is 0.680. The Hall–Kier alpha value is -0.520. The first-order valence-corrected chi connectivity index (χ1v) is 5.64. The summed E-state index contributed by atoms with van der Waals surface area (Å²) >= 11 is -0.980. The van der Waals surface area contributed by atoms with Crippen molar-refractivity contribution in [3.63, 3.8) is 0 Å². The highest BCUT2D eigenvalue weighted by molar-refractivity contribution is 7.91. The molecule has 1 rings (SSSR count). The smallest absolute Gasteiger partial charge is 0.262 e. The lowest BCUT2D eigenvalue weighted by atomic mass is 10.3. The summed E-state index contributed by atoms with van der Waals surface area (Å²) in [5.41, 5.74) is 0. The molecule has 0 aliphatic rings. The van der Waals surface area contributed by atoms with Crippen LogP contribution in [-0.4, -0.2) is 32.0 Å². The normalized spacial score (nSPS) is 13.1. The second-order valence-corrected chi connectivity index (χ2v) is 4.26. The third kappa shape index (κ3) is 3.80. The van der Waals surface area contributed by atoms with Crippen LogP contribution in [0.2, 0.25) is 0 Å². The van der Waals surface area contributed by atoms with Gasteiger partial charge in [-0.1, -0.05) is 0 Å². The number of aliphatic hydroxyl groups is 1. The summed E-state index contributed by atoms with van der Waals surface area (Å²) in [6.07, 6.45) is 5.77. The van der Waals surface area contributed by atoms with E-state index < -0.39 is 11.2 Å². The average Bonchev–Trinajstić information content (AvgIpc) is 2.65. The molecular formula is C8H14N2O2S. The van der Waals surface area contributed by atoms with Crippen LogP contribution in [0.25, 0.3) is 0 Å². The fourth-order valence-corrected chi connectivity index (χ4v) is 2.04. The standard InChI is InChI=1S/C8H14N2O2S/c11-4-2-1-3-5-13(12)8-6-9-7-10-8/h6-7,11H,1-5H2,(H,9,10). The molecule has 4 nitrogen and oxygen atoms in total. The average molecular weight is 202 g/mol. The first-order valence-electron chi connectivity index (χ1n) is 4.32. The number of imidazole rings is 1. The Morgan fingerprint density at radius 1 is 1.46 bits per heavy atom. The SMILES string of the molecule is [O-][S+](CCCCCO)c1c[nH]cn1. The van der Waals surface area contributed by atoms with Crippen molar-refractivity contribution in [2.24, 2.45) is 0 Å². The van der Waals surface area contributed by atoms with E-state index in [1.165, 1.54) is 6.33 Å². The minimum Gasteiger partial charge on any atom is -0.610 e. The van der Waals surface area contributed by atoms with E-state index in [1.807, 2.05) is 0 Å². The van der Waals surface area contributed by atoms with Gasteiger partial charge in [0.25, 0.3) is 5.03 Å². The van der Waals surface area contributed by atoms with Crippen molar-refractivity contribution in [1.29, 1.82) is 0 Å². The van der Waals surface area contributed by atoms with Gasteiger partial charge in [0.1, 0.15) is 5.75 Å². The van der Waals surface area contributed by atoms with E-state index in [0.717, 1.165) is 19.3 Å². The molecule has 1 heterocycles. The third-order valence-corrected chi connectivity index (χ3v) is 3.04. The summed E-state index contributed by atoms with van der Waals surface area (Å²) in [6, 6.07) is 0. The first kappa shape index (κ1) is 10.6. The highest BCUT2D eigenvalue weighted by atomic mass is 32.2. The molecule has 13 heavy (non-hydrogen) atoms. The van der Waals surface area contributed by atoms with E-state index in [4.69, 9.17) is 5.11 Å². The number of aromatic amines is 1. The number of hydrogen-bond donors (Lipinski definition) is 2. The number of H-pyrrole nitrogens is 1. The van der Waals surface area contributed by atoms with E-state index in [9.17, 15) is 4.55 Å². The van der Waals surface area contributed by atoms with Crippen molar-refractivity contribution >= 4 is 11.2 Å². The second kappa shape index (κ2) is 6.01. The molecular weight excluding hydrogens is 188 g/mol. The third-order valence-electron chi connectivity index (χ3n) is 1.69. The van der Waals surface area contributed by atoms with Crippen LogP contribution >= 0.6 is 0 Å². The summed E-state index contributed by atoms with van der Waals surface area (Å²) in [6.45, 7) is 0.217. The van der Waals surface area contributed by atoms with Gasteiger partial charge in [-0.25, -0.2) is 0 Å². The molecule has 0 aliphatic carbocycles. The summed E-state index contributed by atoms with van der Waals surface area (Å²) < 4.78 is 11.4. The van der Waals surface area contributed by atoms with Crippen LogP contribution in [0.1, 0.15) is 19.3 Å². The molecule has 1 aromatic rings. The molecule has 1 atom stereocenters. The Labute approximate surface area is 80.6 Å². The van der Waals surface area contributed by atoms with Gasteiger partial charge in [0.2, 0.25) is 0 Å². The molecule has 2 N–H and O–H groups in total. The van der Waals surface area contributed by atoms with Crippen molar-refractivity contribution in [2.45, 2.75) is 24.3 Å². The Morgan fingerprint density at radius 2 is 2.31 bits per heavy atom. The molecule has 0 bridgehead atoms. The van der Waals surface area contributed by atoms with Crippen LogP contribution < -0.4 is 0 Å². The van der Waals surface area contributed by atoms with Crippen molar-refractivity contribution < 1.29 is 9.66 Å². The van der Waals surface area contributed by atoms with E-state index in [0.29, 0.717) is 10.8 Å². The van der Waals surface area contributed by atoms with E-state index >= 15 is 0 Å². The molecule has 1 unspecified atom stereocenters. The lowest BCUT2D eigenvalue weighted by Crippen LogP contribution is -2.07. The Kier molecular flexibility index (Phi) is 4.88. The summed E-state index contributed by atoms with van der Waals surface area (Å²) in [5, 5.41) is 9.14. The first-order chi connectivity index (χ1) is 6.34. The lowest BCUT2D eigenvalue weighted by Gasteiger charge is -2.05. The molecule has 0 aromatic carbocycles. The summed E-state index contributed by atoms with van der Waals surface area (Å²) in [5.74, 6) is 0.630. The number of rotatable bonds is 6. The zero-order valence-corrected chi connectivity index (χ0v) is 8.22. The molecule has 0 saturated carbocycles. The van der Waals surface area contributed by atoms with Gasteiger partial charge >= 0.3 is 0 Å². The Balaban J connectivity index is 2.15. The van der Waals surface area contributed by atoms with E-state index in [-0.39, 0.29) is 6.61 Å². The summed E-state index contributed by atoms with van der Waals surface area (Å²) in [4.78, 5) is 6.68. The van der Waals surface area contributed by atoms with Crippen molar-refractivity contribution in [2.75, 3.05) is 12.4 Å². The van der Waals surface area contributed by atoms with Crippen molar-refractivity contribution in [1.82, 2.24) is 9.97 Å². The van der Waals surface area contributed by atoms with E-state index in [2.05, 4.69) is 9.97 Å². The Bertz CT molecular complexity index is 216. The van der Waals surface area contributed by atoms with Crippen LogP contribution in [0.15, 0.2) is 17.6 Å². The molecule has 0 amide bonds. The molecule has 0 spiro atoms. The van der Waals surface area contributed by atoms with Gasteiger partial charge in [0.05, 0.1) is 12.5 Å². The maximum Gasteiger partial charge on any atom is 0.262 e. The minimum atomic E-state index is -0.980. The van der Waals surface area contributed by atoms with Crippen LogP contribution in [0, 0.1) is 0 Å². The lowest BCUT2D eigenvalue weighted by molar-refractivity contribution is 0.284. The molecule has 5 heteroatoms. The Morgan fingerprint density at radius 3 is 2.92 bits per heavy atom. The second-order valence-electron chi connectivity index (χ2n) is 2.74. The van der Waals surface area contributed by atoms with Gasteiger partial charge in [-0.15, -0.1) is 0 Å². The highest BCUT2D eigenvalue weighted by Gasteiger charge is 2.11. The zero-order chi connectivity index (χ0) is 9.52. The quantitative estimate of drug-likeness (QED) is 0.526. The molecule has 74 valence electrons. The number of hydrogen-bond acceptors (Lipinski definition) is 3. The van der Waals surface area contributed by atoms with Gasteiger partial charge in [-0.2, -0.15) is 4.98 Å². The van der Waals surface area contributed by atoms with Gasteiger partial charge < -0.3 is 14.6 Å². The van der Waals surface area contributed by atoms with Gasteiger partial charge in [0.15, 0.2) is 0 Å². The molecule has 1 aromatic heterocycles. The maximum absolute atomic E-state index is 11.4. The van der Waals surface area contributed by atoms with Gasteiger partial charge in [0, 0.05) is 17.8 Å². The van der Waals surface area contributed by atoms with Gasteiger partial charge in [-0.3, -0.25) is 0 Å². The van der Waals surface area contributed by atoms with Crippen LogP contribution in [0.5, 0.6) is 0 Å². The largest absolute Gasteiger partial charge is 0.610 e. The number of aromatic nitrogens is 2. The van der Waals surface area contributed by atoms with Crippen LogP contribution in [0.3, 0.4) is 0 Å². The molecule has 0 radical (unpaired) electrons. The molecule has 0 aliphatic heterocycles. The van der Waals surface area contributed by atoms with Crippen molar-refractivity contribution in [3.05, 3.63) is 12.5 Å². The monoisotopic (exact) mass is 202 g/mol. The van der Waals surface area contributed by atoms with Crippen LogP contribution in [-0.2, 0) is 11.2 Å². The zero-order valence-electron chi connectivity index (χ0n) is 7.40. The fourth-order valence-electron chi connectivity index (χ4n) is 0.998. The number of unbranched alkanes of at least 4 members (excludes halogenated alkanes) is 2. The van der Waals surface area contributed by atoms with E-state index in [1.54, 1.807) is 6.20 Å². The minimum absolute atomic E-state index is 0.217. The predicted molar refractivity (Wildman–Crippen MR) is 50.8 cm³/mol. The van der Waals surface area contributed by atoms with Gasteiger partial charge in [-0.05, 0) is 19.3 Å². The van der Waals surface area contributed by atoms with Crippen molar-refractivity contribution in [3.8, 4) is 0 Å². The number of nitrogens with one attached hydrogen (secondary N) is 1. The van der Waals surface area contributed by atoms with Crippen LogP contribution in [0.4, 0.5) is 0 Å². The highest BCUT2D eigenvalue weighted by Crippen LogP contribution is 2.08. The number of aliphatic hydroxyl groups excluding tert-OH is 1.